The van der Waals surface area contributed by atoms with Crippen molar-refractivity contribution in [1.82, 2.24) is 0 Å². The SMILES string of the molecule is Cc1cc(O)ccc1NCC1CCC(C(C)(C)C)CC1. The van der Waals surface area contributed by atoms with Crippen molar-refractivity contribution in [3.63, 3.8) is 0 Å². The number of hydrogen-bond acceptors (Lipinski definition) is 2. The predicted molar refractivity (Wildman–Crippen MR) is 86.2 cm³/mol. The minimum Gasteiger partial charge on any atom is -0.508 e. The van der Waals surface area contributed by atoms with Crippen molar-refractivity contribution in [3.05, 3.63) is 23.8 Å². The van der Waals surface area contributed by atoms with Crippen molar-refractivity contribution in [2.75, 3.05) is 11.9 Å². The van der Waals surface area contributed by atoms with E-state index >= 15 is 0 Å². The zero-order chi connectivity index (χ0) is 14.8. The number of nitrogens with one attached hydrogen (secondary N) is 1. The van der Waals surface area contributed by atoms with Gasteiger partial charge >= 0.3 is 0 Å². The molecule has 2 heteroatoms. The first-order chi connectivity index (χ1) is 9.36. The summed E-state index contributed by atoms with van der Waals surface area (Å²) in [7, 11) is 0. The number of anilines is 1. The molecule has 0 aromatic heterocycles. The van der Waals surface area contributed by atoms with E-state index in [4.69, 9.17) is 0 Å². The van der Waals surface area contributed by atoms with Gasteiger partial charge in [0, 0.05) is 12.2 Å². The molecule has 0 heterocycles. The van der Waals surface area contributed by atoms with Gasteiger partial charge in [0.05, 0.1) is 0 Å². The standard InChI is InChI=1S/C18H29NO/c1-13-11-16(20)9-10-17(13)19-12-14-5-7-15(8-6-14)18(2,3)4/h9-11,14-15,19-20H,5-8,12H2,1-4H3. The van der Waals surface area contributed by atoms with E-state index in [0.29, 0.717) is 11.2 Å². The lowest BCUT2D eigenvalue weighted by Crippen LogP contribution is -2.28. The highest BCUT2D eigenvalue weighted by Crippen LogP contribution is 2.39. The number of rotatable bonds is 3. The summed E-state index contributed by atoms with van der Waals surface area (Å²) in [5, 5.41) is 13.0. The quantitative estimate of drug-likeness (QED) is 0.764. The number of benzene rings is 1. The highest BCUT2D eigenvalue weighted by Gasteiger charge is 2.29. The van der Waals surface area contributed by atoms with Crippen LogP contribution in [0.2, 0.25) is 0 Å². The third-order valence-corrected chi connectivity index (χ3v) is 4.86. The van der Waals surface area contributed by atoms with Crippen LogP contribution in [-0.4, -0.2) is 11.7 Å². The van der Waals surface area contributed by atoms with E-state index in [1.165, 1.54) is 25.7 Å². The van der Waals surface area contributed by atoms with Crippen LogP contribution in [0.4, 0.5) is 5.69 Å². The Kier molecular flexibility index (Phi) is 4.62. The van der Waals surface area contributed by atoms with Crippen LogP contribution in [0, 0.1) is 24.2 Å². The van der Waals surface area contributed by atoms with E-state index in [1.54, 1.807) is 6.07 Å². The van der Waals surface area contributed by atoms with Crippen LogP contribution < -0.4 is 5.32 Å². The molecule has 1 aliphatic rings. The van der Waals surface area contributed by atoms with Gasteiger partial charge in [-0.15, -0.1) is 0 Å². The molecule has 1 aromatic carbocycles. The molecule has 0 aliphatic heterocycles. The molecule has 0 atom stereocenters. The Balaban J connectivity index is 1.82. The summed E-state index contributed by atoms with van der Waals surface area (Å²) in [5.41, 5.74) is 2.74. The average Bonchev–Trinajstić information content (AvgIpc) is 2.37. The van der Waals surface area contributed by atoms with E-state index in [9.17, 15) is 5.11 Å². The van der Waals surface area contributed by atoms with Crippen LogP contribution in [-0.2, 0) is 0 Å². The maximum absolute atomic E-state index is 9.43. The van der Waals surface area contributed by atoms with Crippen LogP contribution in [0.3, 0.4) is 0 Å². The lowest BCUT2D eigenvalue weighted by Gasteiger charge is -2.37. The summed E-state index contributed by atoms with van der Waals surface area (Å²) in [4.78, 5) is 0. The lowest BCUT2D eigenvalue weighted by atomic mass is 9.70. The first-order valence-electron chi connectivity index (χ1n) is 7.90. The molecule has 0 radical (unpaired) electrons. The first kappa shape index (κ1) is 15.2. The minimum atomic E-state index is 0.346. The molecule has 0 unspecified atom stereocenters. The predicted octanol–water partition coefficient (Wildman–Crippen LogP) is 4.97. The van der Waals surface area contributed by atoms with Gasteiger partial charge in [0.1, 0.15) is 5.75 Å². The lowest BCUT2D eigenvalue weighted by molar-refractivity contribution is 0.153. The Hall–Kier alpha value is -1.18. The summed E-state index contributed by atoms with van der Waals surface area (Å²) in [5.74, 6) is 2.02. The number of phenolic OH excluding ortho intramolecular Hbond substituents is 1. The molecule has 20 heavy (non-hydrogen) atoms. The number of hydrogen-bond donors (Lipinski definition) is 2. The molecule has 2 N–H and O–H groups in total. The maximum atomic E-state index is 9.43. The molecule has 0 amide bonds. The molecule has 1 saturated carbocycles. The molecule has 2 rings (SSSR count). The van der Waals surface area contributed by atoms with Gasteiger partial charge in [0.15, 0.2) is 0 Å². The van der Waals surface area contributed by atoms with Crippen molar-refractivity contribution in [2.24, 2.45) is 17.3 Å². The third-order valence-electron chi connectivity index (χ3n) is 4.86. The molecule has 112 valence electrons. The Labute approximate surface area is 123 Å². The smallest absolute Gasteiger partial charge is 0.115 e. The van der Waals surface area contributed by atoms with Crippen molar-refractivity contribution in [2.45, 2.75) is 53.4 Å². The second kappa shape index (κ2) is 6.07. The van der Waals surface area contributed by atoms with E-state index < -0.39 is 0 Å². The second-order valence-electron chi connectivity index (χ2n) is 7.46. The maximum Gasteiger partial charge on any atom is 0.115 e. The Morgan fingerprint density at radius 3 is 2.35 bits per heavy atom. The molecular formula is C18H29NO. The summed E-state index contributed by atoms with van der Waals surface area (Å²) in [6.07, 6.45) is 5.41. The Morgan fingerprint density at radius 2 is 1.80 bits per heavy atom. The average molecular weight is 275 g/mol. The van der Waals surface area contributed by atoms with Crippen molar-refractivity contribution in [1.29, 1.82) is 0 Å². The molecule has 0 spiro atoms. The van der Waals surface area contributed by atoms with Gasteiger partial charge in [-0.25, -0.2) is 0 Å². The number of aryl methyl sites for hydroxylation is 1. The molecular weight excluding hydrogens is 246 g/mol. The first-order valence-corrected chi connectivity index (χ1v) is 7.90. The van der Waals surface area contributed by atoms with Gasteiger partial charge in [-0.3, -0.25) is 0 Å². The third kappa shape index (κ3) is 3.91. The zero-order valence-corrected chi connectivity index (χ0v) is 13.4. The monoisotopic (exact) mass is 275 g/mol. The Bertz CT molecular complexity index is 439. The molecule has 0 saturated heterocycles. The van der Waals surface area contributed by atoms with Gasteiger partial charge in [-0.2, -0.15) is 0 Å². The fourth-order valence-electron chi connectivity index (χ4n) is 3.33. The summed E-state index contributed by atoms with van der Waals surface area (Å²) in [6.45, 7) is 10.2. The molecule has 1 aliphatic carbocycles. The normalized spacial score (nSPS) is 23.6. The zero-order valence-electron chi connectivity index (χ0n) is 13.4. The van der Waals surface area contributed by atoms with Crippen molar-refractivity contribution >= 4 is 5.69 Å². The highest BCUT2D eigenvalue weighted by atomic mass is 16.3. The molecule has 2 nitrogen and oxygen atoms in total. The topological polar surface area (TPSA) is 32.3 Å². The van der Waals surface area contributed by atoms with E-state index in [-0.39, 0.29) is 0 Å². The summed E-state index contributed by atoms with van der Waals surface area (Å²) in [6, 6.07) is 5.55. The molecule has 0 bridgehead atoms. The largest absolute Gasteiger partial charge is 0.508 e. The van der Waals surface area contributed by atoms with Crippen molar-refractivity contribution in [3.8, 4) is 5.75 Å². The van der Waals surface area contributed by atoms with E-state index in [1.807, 2.05) is 19.1 Å². The van der Waals surface area contributed by atoms with Gasteiger partial charge in [0.2, 0.25) is 0 Å². The van der Waals surface area contributed by atoms with Gasteiger partial charge < -0.3 is 10.4 Å². The number of phenols is 1. The second-order valence-corrected chi connectivity index (χ2v) is 7.46. The van der Waals surface area contributed by atoms with Gasteiger partial charge in [-0.1, -0.05) is 20.8 Å². The minimum absolute atomic E-state index is 0.346. The van der Waals surface area contributed by atoms with Crippen LogP contribution in [0.15, 0.2) is 18.2 Å². The van der Waals surface area contributed by atoms with Crippen molar-refractivity contribution < 1.29 is 5.11 Å². The molecule has 1 aromatic rings. The Morgan fingerprint density at radius 1 is 1.15 bits per heavy atom. The fourth-order valence-corrected chi connectivity index (χ4v) is 3.33. The highest BCUT2D eigenvalue weighted by molar-refractivity contribution is 5.53. The van der Waals surface area contributed by atoms with E-state index in [2.05, 4.69) is 26.1 Å². The summed E-state index contributed by atoms with van der Waals surface area (Å²) < 4.78 is 0. The molecule has 1 fully saturated rings. The van der Waals surface area contributed by atoms with Crippen LogP contribution in [0.25, 0.3) is 0 Å². The number of aromatic hydroxyl groups is 1. The summed E-state index contributed by atoms with van der Waals surface area (Å²) >= 11 is 0. The van der Waals surface area contributed by atoms with Gasteiger partial charge in [0.25, 0.3) is 0 Å². The van der Waals surface area contributed by atoms with E-state index in [0.717, 1.165) is 29.6 Å². The fraction of sp³-hybridized carbons (Fsp3) is 0.667. The van der Waals surface area contributed by atoms with Crippen LogP contribution in [0.1, 0.15) is 52.0 Å². The van der Waals surface area contributed by atoms with Gasteiger partial charge in [-0.05, 0) is 73.6 Å². The van der Waals surface area contributed by atoms with Crippen LogP contribution >= 0.6 is 0 Å². The van der Waals surface area contributed by atoms with Crippen LogP contribution in [0.5, 0.6) is 5.75 Å².